The molecule has 0 N–H and O–H groups in total. The van der Waals surface area contributed by atoms with E-state index in [9.17, 15) is 14.4 Å². The molecule has 7 nitrogen and oxygen atoms in total. The quantitative estimate of drug-likeness (QED) is 0.753. The average molecular weight is 378 g/mol. The molecule has 0 saturated carbocycles. The van der Waals surface area contributed by atoms with Crippen LogP contribution in [-0.2, 0) is 32.0 Å². The van der Waals surface area contributed by atoms with Crippen molar-refractivity contribution in [2.45, 2.75) is 19.0 Å². The van der Waals surface area contributed by atoms with Gasteiger partial charge in [-0.2, -0.15) is 5.26 Å². The molecular weight excluding hydrogens is 360 g/mol. The predicted octanol–water partition coefficient (Wildman–Crippen LogP) is 1.84. The van der Waals surface area contributed by atoms with Crippen LogP contribution in [0.25, 0.3) is 0 Å². The molecular formula is C21H18N2O5. The van der Waals surface area contributed by atoms with Crippen LogP contribution in [0.1, 0.15) is 27.0 Å². The maximum absolute atomic E-state index is 12.7. The summed E-state index contributed by atoms with van der Waals surface area (Å²) in [7, 11) is 1.27. The molecule has 0 bridgehead atoms. The van der Waals surface area contributed by atoms with Gasteiger partial charge in [-0.25, -0.2) is 9.59 Å². The van der Waals surface area contributed by atoms with Crippen molar-refractivity contribution >= 4 is 17.8 Å². The Morgan fingerprint density at radius 2 is 1.79 bits per heavy atom. The summed E-state index contributed by atoms with van der Waals surface area (Å²) in [5.74, 6) is -1.67. The number of methoxy groups -OCH3 is 1. The zero-order chi connectivity index (χ0) is 20.1. The molecule has 1 heterocycles. The molecule has 0 saturated heterocycles. The predicted molar refractivity (Wildman–Crippen MR) is 97.9 cm³/mol. The first kappa shape index (κ1) is 19.1. The fraction of sp³-hybridized carbons (Fsp3) is 0.238. The largest absolute Gasteiger partial charge is 0.467 e. The molecule has 0 aliphatic carbocycles. The number of rotatable bonds is 4. The molecule has 0 fully saturated rings. The Hall–Kier alpha value is -3.66. The van der Waals surface area contributed by atoms with Crippen molar-refractivity contribution in [1.82, 2.24) is 4.90 Å². The number of nitrogens with zero attached hydrogens (tertiary/aromatic N) is 2. The van der Waals surface area contributed by atoms with Crippen LogP contribution in [-0.4, -0.2) is 42.5 Å². The Balaban J connectivity index is 1.70. The number of carbonyl (C=O) groups is 3. The van der Waals surface area contributed by atoms with Crippen molar-refractivity contribution in [2.75, 3.05) is 13.7 Å². The van der Waals surface area contributed by atoms with Crippen molar-refractivity contribution in [3.05, 3.63) is 70.8 Å². The molecule has 7 heteroatoms. The highest BCUT2D eigenvalue weighted by atomic mass is 16.5. The zero-order valence-corrected chi connectivity index (χ0v) is 15.3. The van der Waals surface area contributed by atoms with Crippen LogP contribution in [0.3, 0.4) is 0 Å². The number of benzene rings is 2. The van der Waals surface area contributed by atoms with Crippen LogP contribution >= 0.6 is 0 Å². The Labute approximate surface area is 162 Å². The monoisotopic (exact) mass is 378 g/mol. The van der Waals surface area contributed by atoms with Crippen LogP contribution < -0.4 is 0 Å². The summed E-state index contributed by atoms with van der Waals surface area (Å²) in [6.45, 7) is -0.252. The highest BCUT2D eigenvalue weighted by molar-refractivity contribution is 5.92. The molecule has 142 valence electrons. The second-order valence-corrected chi connectivity index (χ2v) is 6.30. The summed E-state index contributed by atoms with van der Waals surface area (Å²) in [4.78, 5) is 38.3. The van der Waals surface area contributed by atoms with Gasteiger partial charge in [-0.3, -0.25) is 4.79 Å². The van der Waals surface area contributed by atoms with E-state index in [-0.39, 0.29) is 12.1 Å². The average Bonchev–Trinajstić information content (AvgIpc) is 2.75. The number of carbonyl (C=O) groups excluding carboxylic acids is 3. The minimum Gasteiger partial charge on any atom is -0.467 e. The molecule has 1 aliphatic heterocycles. The number of fused-ring (bicyclic) bond motifs is 1. The summed E-state index contributed by atoms with van der Waals surface area (Å²) in [6, 6.07) is 14.7. The first-order valence-corrected chi connectivity index (χ1v) is 8.65. The summed E-state index contributed by atoms with van der Waals surface area (Å²) in [5.41, 5.74) is 2.58. The Bertz CT molecular complexity index is 946. The molecule has 3 rings (SSSR count). The van der Waals surface area contributed by atoms with E-state index in [1.165, 1.54) is 36.3 Å². The number of hydrogen-bond donors (Lipinski definition) is 0. The molecule has 2 aromatic carbocycles. The minimum absolute atomic E-state index is 0.236. The van der Waals surface area contributed by atoms with Gasteiger partial charge in [0.1, 0.15) is 6.04 Å². The zero-order valence-electron chi connectivity index (χ0n) is 15.3. The van der Waals surface area contributed by atoms with Gasteiger partial charge < -0.3 is 14.4 Å². The lowest BCUT2D eigenvalue weighted by molar-refractivity contribution is -0.155. The SMILES string of the molecule is COC(=O)[C@H]1Cc2ccccc2CN1C(=O)COC(=O)c1ccc(C#N)cc1. The van der Waals surface area contributed by atoms with E-state index in [4.69, 9.17) is 14.7 Å². The van der Waals surface area contributed by atoms with E-state index < -0.39 is 30.5 Å². The third kappa shape index (κ3) is 4.01. The van der Waals surface area contributed by atoms with E-state index in [2.05, 4.69) is 0 Å². The second kappa shape index (κ2) is 8.35. The van der Waals surface area contributed by atoms with Crippen LogP contribution in [0.2, 0.25) is 0 Å². The van der Waals surface area contributed by atoms with Gasteiger partial charge in [-0.1, -0.05) is 24.3 Å². The van der Waals surface area contributed by atoms with Crippen LogP contribution in [0.15, 0.2) is 48.5 Å². The number of amides is 1. The molecule has 1 atom stereocenters. The Morgan fingerprint density at radius 1 is 1.11 bits per heavy atom. The number of esters is 2. The second-order valence-electron chi connectivity index (χ2n) is 6.30. The number of ether oxygens (including phenoxy) is 2. The maximum Gasteiger partial charge on any atom is 0.338 e. The van der Waals surface area contributed by atoms with Crippen LogP contribution in [0.4, 0.5) is 0 Å². The van der Waals surface area contributed by atoms with Gasteiger partial charge in [0, 0.05) is 13.0 Å². The van der Waals surface area contributed by atoms with E-state index in [0.717, 1.165) is 11.1 Å². The number of nitriles is 1. The van der Waals surface area contributed by atoms with Gasteiger partial charge in [0.25, 0.3) is 5.91 Å². The van der Waals surface area contributed by atoms with Crippen molar-refractivity contribution < 1.29 is 23.9 Å². The normalized spacial score (nSPS) is 15.1. The smallest absolute Gasteiger partial charge is 0.338 e. The van der Waals surface area contributed by atoms with Crippen molar-refractivity contribution in [1.29, 1.82) is 5.26 Å². The fourth-order valence-electron chi connectivity index (χ4n) is 3.11. The van der Waals surface area contributed by atoms with Crippen molar-refractivity contribution in [3.63, 3.8) is 0 Å². The standard InChI is InChI=1S/C21H18N2O5/c1-27-21(26)18-10-16-4-2-3-5-17(16)12-23(18)19(24)13-28-20(25)15-8-6-14(11-22)7-9-15/h2-9,18H,10,12-13H2,1H3/t18-/m1/s1. The molecule has 1 amide bonds. The Morgan fingerprint density at radius 3 is 2.43 bits per heavy atom. The van der Waals surface area contributed by atoms with Gasteiger partial charge in [0.15, 0.2) is 6.61 Å². The van der Waals surface area contributed by atoms with Gasteiger partial charge in [0.2, 0.25) is 0 Å². The first-order valence-electron chi connectivity index (χ1n) is 8.65. The summed E-state index contributed by atoms with van der Waals surface area (Å²) in [5, 5.41) is 8.79. The third-order valence-corrected chi connectivity index (χ3v) is 4.62. The Kier molecular flexibility index (Phi) is 5.70. The summed E-state index contributed by atoms with van der Waals surface area (Å²) in [6.07, 6.45) is 0.345. The third-order valence-electron chi connectivity index (χ3n) is 4.62. The van der Waals surface area contributed by atoms with Gasteiger partial charge in [-0.05, 0) is 35.4 Å². The molecule has 0 unspecified atom stereocenters. The molecule has 1 aliphatic rings. The molecule has 28 heavy (non-hydrogen) atoms. The highest BCUT2D eigenvalue weighted by Crippen LogP contribution is 2.24. The molecule has 2 aromatic rings. The molecule has 0 aromatic heterocycles. The van der Waals surface area contributed by atoms with E-state index >= 15 is 0 Å². The number of hydrogen-bond acceptors (Lipinski definition) is 6. The van der Waals surface area contributed by atoms with E-state index in [1.807, 2.05) is 30.3 Å². The first-order chi connectivity index (χ1) is 13.5. The molecule has 0 spiro atoms. The van der Waals surface area contributed by atoms with Crippen LogP contribution in [0, 0.1) is 11.3 Å². The fourth-order valence-corrected chi connectivity index (χ4v) is 3.11. The summed E-state index contributed by atoms with van der Waals surface area (Å²) >= 11 is 0. The molecule has 0 radical (unpaired) electrons. The van der Waals surface area contributed by atoms with Gasteiger partial charge >= 0.3 is 11.9 Å². The minimum atomic E-state index is -0.763. The van der Waals surface area contributed by atoms with E-state index in [0.29, 0.717) is 12.0 Å². The van der Waals surface area contributed by atoms with Gasteiger partial charge in [-0.15, -0.1) is 0 Å². The van der Waals surface area contributed by atoms with E-state index in [1.54, 1.807) is 0 Å². The van der Waals surface area contributed by atoms with Crippen LogP contribution in [0.5, 0.6) is 0 Å². The van der Waals surface area contributed by atoms with Crippen molar-refractivity contribution in [2.24, 2.45) is 0 Å². The van der Waals surface area contributed by atoms with Gasteiger partial charge in [0.05, 0.1) is 24.3 Å². The summed E-state index contributed by atoms with van der Waals surface area (Å²) < 4.78 is 9.94. The maximum atomic E-state index is 12.7. The highest BCUT2D eigenvalue weighted by Gasteiger charge is 2.35. The lowest BCUT2D eigenvalue weighted by atomic mass is 9.94. The topological polar surface area (TPSA) is 96.7 Å². The lowest BCUT2D eigenvalue weighted by Crippen LogP contribution is -2.50. The van der Waals surface area contributed by atoms with Crippen molar-refractivity contribution in [3.8, 4) is 6.07 Å². The lowest BCUT2D eigenvalue weighted by Gasteiger charge is -2.35.